The Labute approximate surface area is 126 Å². The van der Waals surface area contributed by atoms with Crippen molar-refractivity contribution in [1.82, 2.24) is 0 Å². The average molecular weight is 291 g/mol. The van der Waals surface area contributed by atoms with Crippen molar-refractivity contribution in [1.29, 1.82) is 0 Å². The molecule has 0 aliphatic heterocycles. The number of carbonyl (C=O) groups excluding carboxylic acids is 2. The van der Waals surface area contributed by atoms with E-state index in [1.807, 2.05) is 0 Å². The van der Waals surface area contributed by atoms with Crippen molar-refractivity contribution in [2.75, 3.05) is 5.32 Å². The molecule has 0 bridgehead atoms. The summed E-state index contributed by atoms with van der Waals surface area (Å²) in [5, 5.41) is 2.66. The van der Waals surface area contributed by atoms with Crippen LogP contribution in [0.2, 0.25) is 0 Å². The number of nitrogens with one attached hydrogen (secondary N) is 1. The first-order chi connectivity index (χ1) is 10.1. The maximum absolute atomic E-state index is 11.7. The summed E-state index contributed by atoms with van der Waals surface area (Å²) in [6.45, 7) is 3.63. The number of ether oxygens (including phenoxy) is 1. The molecule has 0 aromatic heterocycles. The van der Waals surface area contributed by atoms with Crippen LogP contribution in [0.5, 0.6) is 5.75 Å². The lowest BCUT2D eigenvalue weighted by molar-refractivity contribution is -0.134. The SMILES string of the molecule is CCCCCCCCC(=O)Oc1cccc(NC(C)=O)c1. The largest absolute Gasteiger partial charge is 0.426 e. The van der Waals surface area contributed by atoms with E-state index in [-0.39, 0.29) is 11.9 Å². The van der Waals surface area contributed by atoms with Crippen LogP contribution in [-0.4, -0.2) is 11.9 Å². The van der Waals surface area contributed by atoms with Gasteiger partial charge in [0.25, 0.3) is 0 Å². The first kappa shape index (κ1) is 17.2. The van der Waals surface area contributed by atoms with Crippen molar-refractivity contribution in [2.45, 2.75) is 58.8 Å². The number of amides is 1. The summed E-state index contributed by atoms with van der Waals surface area (Å²) in [6, 6.07) is 6.87. The Morgan fingerprint density at radius 1 is 1.10 bits per heavy atom. The van der Waals surface area contributed by atoms with Crippen molar-refractivity contribution in [3.63, 3.8) is 0 Å². The molecule has 1 rings (SSSR count). The lowest BCUT2D eigenvalue weighted by atomic mass is 10.1. The third kappa shape index (κ3) is 8.12. The molecule has 21 heavy (non-hydrogen) atoms. The minimum atomic E-state index is -0.217. The second-order valence-electron chi connectivity index (χ2n) is 5.20. The smallest absolute Gasteiger partial charge is 0.311 e. The fraction of sp³-hybridized carbons (Fsp3) is 0.529. The van der Waals surface area contributed by atoms with Gasteiger partial charge in [-0.2, -0.15) is 0 Å². The third-order valence-corrected chi connectivity index (χ3v) is 3.12. The first-order valence-corrected chi connectivity index (χ1v) is 7.70. The zero-order valence-corrected chi connectivity index (χ0v) is 13.0. The second-order valence-corrected chi connectivity index (χ2v) is 5.20. The zero-order chi connectivity index (χ0) is 15.5. The van der Waals surface area contributed by atoms with Crippen molar-refractivity contribution in [3.05, 3.63) is 24.3 Å². The number of esters is 1. The van der Waals surface area contributed by atoms with Crippen LogP contribution >= 0.6 is 0 Å². The van der Waals surface area contributed by atoms with Gasteiger partial charge < -0.3 is 10.1 Å². The summed E-state index contributed by atoms with van der Waals surface area (Å²) >= 11 is 0. The first-order valence-electron chi connectivity index (χ1n) is 7.70. The molecule has 0 aliphatic rings. The van der Waals surface area contributed by atoms with Crippen LogP contribution in [0.1, 0.15) is 58.8 Å². The van der Waals surface area contributed by atoms with Crippen molar-refractivity contribution < 1.29 is 14.3 Å². The van der Waals surface area contributed by atoms with Gasteiger partial charge in [0, 0.05) is 25.1 Å². The van der Waals surface area contributed by atoms with Crippen LogP contribution in [0.3, 0.4) is 0 Å². The Bertz CT molecular complexity index is 457. The topological polar surface area (TPSA) is 55.4 Å². The highest BCUT2D eigenvalue weighted by Gasteiger charge is 2.05. The van der Waals surface area contributed by atoms with Crippen LogP contribution in [0, 0.1) is 0 Å². The highest BCUT2D eigenvalue weighted by Crippen LogP contribution is 2.18. The van der Waals surface area contributed by atoms with Crippen LogP contribution in [0.25, 0.3) is 0 Å². The van der Waals surface area contributed by atoms with Crippen molar-refractivity contribution >= 4 is 17.6 Å². The normalized spacial score (nSPS) is 10.2. The third-order valence-electron chi connectivity index (χ3n) is 3.12. The predicted octanol–water partition coefficient (Wildman–Crippen LogP) is 4.30. The van der Waals surface area contributed by atoms with E-state index in [2.05, 4.69) is 12.2 Å². The van der Waals surface area contributed by atoms with Gasteiger partial charge in [0.05, 0.1) is 0 Å². The fourth-order valence-electron chi connectivity index (χ4n) is 2.07. The molecular weight excluding hydrogens is 266 g/mol. The van der Waals surface area contributed by atoms with E-state index in [4.69, 9.17) is 4.74 Å². The van der Waals surface area contributed by atoms with Crippen LogP contribution < -0.4 is 10.1 Å². The number of hydrogen-bond acceptors (Lipinski definition) is 3. The molecule has 0 fully saturated rings. The summed E-state index contributed by atoms with van der Waals surface area (Å²) in [7, 11) is 0. The molecule has 0 heterocycles. The summed E-state index contributed by atoms with van der Waals surface area (Å²) < 4.78 is 5.27. The molecule has 4 heteroatoms. The number of benzene rings is 1. The van der Waals surface area contributed by atoms with Gasteiger partial charge >= 0.3 is 5.97 Å². The van der Waals surface area contributed by atoms with E-state index in [1.165, 1.54) is 32.6 Å². The highest BCUT2D eigenvalue weighted by molar-refractivity contribution is 5.88. The van der Waals surface area contributed by atoms with Crippen LogP contribution in [-0.2, 0) is 9.59 Å². The van der Waals surface area contributed by atoms with Gasteiger partial charge in [-0.3, -0.25) is 9.59 Å². The number of unbranched alkanes of at least 4 members (excludes halogenated alkanes) is 5. The minimum Gasteiger partial charge on any atom is -0.426 e. The predicted molar refractivity (Wildman–Crippen MR) is 84.4 cm³/mol. The molecule has 1 amide bonds. The molecule has 1 aromatic rings. The van der Waals surface area contributed by atoms with Crippen LogP contribution in [0.4, 0.5) is 5.69 Å². The lowest BCUT2D eigenvalue weighted by Crippen LogP contribution is -2.09. The molecule has 0 saturated heterocycles. The van der Waals surface area contributed by atoms with E-state index >= 15 is 0 Å². The molecule has 116 valence electrons. The summed E-state index contributed by atoms with van der Waals surface area (Å²) in [5.74, 6) is 0.105. The van der Waals surface area contributed by atoms with Gasteiger partial charge in [0.2, 0.25) is 5.91 Å². The Hall–Kier alpha value is -1.84. The van der Waals surface area contributed by atoms with Crippen LogP contribution in [0.15, 0.2) is 24.3 Å². The van der Waals surface area contributed by atoms with Gasteiger partial charge in [-0.15, -0.1) is 0 Å². The van der Waals surface area contributed by atoms with E-state index in [0.29, 0.717) is 17.9 Å². The maximum Gasteiger partial charge on any atom is 0.311 e. The average Bonchev–Trinajstić information content (AvgIpc) is 2.42. The lowest BCUT2D eigenvalue weighted by Gasteiger charge is -2.07. The molecule has 0 aliphatic carbocycles. The number of rotatable bonds is 9. The summed E-state index contributed by atoms with van der Waals surface area (Å²) in [5.41, 5.74) is 0.632. The Morgan fingerprint density at radius 2 is 1.81 bits per heavy atom. The molecule has 1 aromatic carbocycles. The molecule has 0 spiro atoms. The Kier molecular flexibility index (Phi) is 8.17. The molecule has 4 nitrogen and oxygen atoms in total. The van der Waals surface area contributed by atoms with Gasteiger partial charge in [0.15, 0.2) is 0 Å². The van der Waals surface area contributed by atoms with E-state index in [1.54, 1.807) is 24.3 Å². The van der Waals surface area contributed by atoms with Gasteiger partial charge in [-0.05, 0) is 18.6 Å². The highest BCUT2D eigenvalue weighted by atomic mass is 16.5. The van der Waals surface area contributed by atoms with Gasteiger partial charge in [-0.1, -0.05) is 45.1 Å². The standard InChI is InChI=1S/C17H25NO3/c1-3-4-5-6-7-8-12-17(20)21-16-11-9-10-15(13-16)18-14(2)19/h9-11,13H,3-8,12H2,1-2H3,(H,18,19). The molecular formula is C17H25NO3. The Morgan fingerprint density at radius 3 is 2.52 bits per heavy atom. The van der Waals surface area contributed by atoms with E-state index in [0.717, 1.165) is 12.8 Å². The van der Waals surface area contributed by atoms with Crippen molar-refractivity contribution in [3.8, 4) is 5.75 Å². The van der Waals surface area contributed by atoms with E-state index in [9.17, 15) is 9.59 Å². The van der Waals surface area contributed by atoms with E-state index < -0.39 is 0 Å². The van der Waals surface area contributed by atoms with Crippen molar-refractivity contribution in [2.24, 2.45) is 0 Å². The second kappa shape index (κ2) is 9.97. The maximum atomic E-state index is 11.7. The Balaban J connectivity index is 2.29. The van der Waals surface area contributed by atoms with Gasteiger partial charge in [0.1, 0.15) is 5.75 Å². The molecule has 1 N–H and O–H groups in total. The molecule has 0 saturated carbocycles. The fourth-order valence-corrected chi connectivity index (χ4v) is 2.07. The molecule has 0 atom stereocenters. The number of carbonyl (C=O) groups is 2. The number of hydrogen-bond donors (Lipinski definition) is 1. The zero-order valence-electron chi connectivity index (χ0n) is 13.0. The number of anilines is 1. The minimum absolute atomic E-state index is 0.148. The van der Waals surface area contributed by atoms with Gasteiger partial charge in [-0.25, -0.2) is 0 Å². The molecule has 0 radical (unpaired) electrons. The monoisotopic (exact) mass is 291 g/mol. The quantitative estimate of drug-likeness (QED) is 0.419. The summed E-state index contributed by atoms with van der Waals surface area (Å²) in [4.78, 5) is 22.7. The molecule has 0 unspecified atom stereocenters. The summed E-state index contributed by atoms with van der Waals surface area (Å²) in [6.07, 6.45) is 7.29.